The molecule has 0 N–H and O–H groups in total. The van der Waals surface area contributed by atoms with Crippen LogP contribution in [0.3, 0.4) is 0 Å². The smallest absolute Gasteiger partial charge is 0 e. The normalized spacial score (nSPS) is 0. The molecule has 0 aliphatic heterocycles. The first-order valence-corrected chi connectivity index (χ1v) is 0. The van der Waals surface area contributed by atoms with E-state index in [0.717, 1.165) is 0 Å². The largest absolute Gasteiger partial charge is 2.00 e. The average molecular weight is 562 g/mol. The Balaban J connectivity index is 0. The van der Waals surface area contributed by atoms with Crippen molar-refractivity contribution in [2.45, 2.75) is 0 Å². The van der Waals surface area contributed by atoms with Gasteiger partial charge in [0, 0.05) is 60.3 Å². The van der Waals surface area contributed by atoms with Crippen LogP contribution in [-0.4, -0.2) is 0 Å². The van der Waals surface area contributed by atoms with E-state index in [1.165, 1.54) is 0 Å². The predicted octanol–water partition coefficient (Wildman–Crippen LogP) is -0.594. The minimum Gasteiger partial charge on any atom is -2.00 e. The molecule has 0 amide bonds. The van der Waals surface area contributed by atoms with Gasteiger partial charge in [-0.05, 0) is 0 Å². The second kappa shape index (κ2) is 108. The molecule has 50 valence electrons. The van der Waals surface area contributed by atoms with Crippen LogP contribution in [-0.2, 0) is 27.4 Å². The Bertz CT molecular complexity index is 8.04. The van der Waals surface area contributed by atoms with Crippen LogP contribution in [0.1, 0.15) is 0 Å². The Hall–Kier alpha value is 1.84. The van der Waals surface area contributed by atoms with E-state index in [1.54, 1.807) is 0 Å². The molecule has 7 heavy (non-hydrogen) atoms. The van der Waals surface area contributed by atoms with E-state index < -0.39 is 0 Å². The van der Waals surface area contributed by atoms with Crippen LogP contribution in [0.4, 0.5) is 0 Å². The molecule has 7 heteroatoms. The molecule has 0 bridgehead atoms. The Morgan fingerprint density at radius 1 is 0.429 bits per heavy atom. The summed E-state index contributed by atoms with van der Waals surface area (Å²) < 4.78 is 0. The SMILES string of the molecule is [O-2].[O-2].[O-2].[O-2].[O-2].[Pu].[U]. The van der Waals surface area contributed by atoms with Gasteiger partial charge < -0.3 is 27.4 Å². The molecule has 0 fully saturated rings. The molecule has 5 nitrogen and oxygen atoms in total. The zero-order chi connectivity index (χ0) is 0. The first kappa shape index (κ1) is 161. The van der Waals surface area contributed by atoms with E-state index in [4.69, 9.17) is 0 Å². The Morgan fingerprint density at radius 3 is 0.429 bits per heavy atom. The molecular formula is O5PuU-10. The van der Waals surface area contributed by atoms with Crippen molar-refractivity contribution in [1.82, 2.24) is 0 Å². The van der Waals surface area contributed by atoms with Gasteiger partial charge in [0.15, 0.2) is 0 Å². The summed E-state index contributed by atoms with van der Waals surface area (Å²) in [5.74, 6) is 0. The maximum atomic E-state index is 0. The number of rotatable bonds is 0. The summed E-state index contributed by atoms with van der Waals surface area (Å²) in [7, 11) is 0. The topological polar surface area (TPSA) is 142 Å². The Morgan fingerprint density at radius 2 is 0.429 bits per heavy atom. The first-order valence-electron chi connectivity index (χ1n) is 0. The molecule has 0 aromatic heterocycles. The number of hydrogen-bond donors (Lipinski definition) is 0. The minimum absolute atomic E-state index is 0. The molecule has 0 unspecified atom stereocenters. The van der Waals surface area contributed by atoms with Gasteiger partial charge in [0.2, 0.25) is 0 Å². The van der Waals surface area contributed by atoms with Crippen LogP contribution in [0.25, 0.3) is 0 Å². The summed E-state index contributed by atoms with van der Waals surface area (Å²) in [5, 5.41) is 0. The van der Waals surface area contributed by atoms with Crippen molar-refractivity contribution in [3.05, 3.63) is 0 Å². The molecule has 0 saturated carbocycles. The molecule has 0 aliphatic carbocycles. The molecule has 0 saturated heterocycles. The van der Waals surface area contributed by atoms with Crippen molar-refractivity contribution >= 4 is 0 Å². The predicted molar refractivity (Wildman–Crippen MR) is 3.43 cm³/mol. The van der Waals surface area contributed by atoms with Gasteiger partial charge in [-0.25, -0.2) is 0 Å². The van der Waals surface area contributed by atoms with Crippen LogP contribution >= 0.6 is 0 Å². The monoisotopic (exact) mass is 556 g/mol. The van der Waals surface area contributed by atoms with Crippen molar-refractivity contribution in [1.29, 1.82) is 0 Å². The summed E-state index contributed by atoms with van der Waals surface area (Å²) in [4.78, 5) is 0. The minimum atomic E-state index is 0. The van der Waals surface area contributed by atoms with Crippen LogP contribution in [0.5, 0.6) is 0 Å². The zero-order valence-electron chi connectivity index (χ0n) is 2.95. The molecule has 0 rings (SSSR count). The van der Waals surface area contributed by atoms with Gasteiger partial charge >= 0.3 is 0 Å². The van der Waals surface area contributed by atoms with Crippen molar-refractivity contribution < 1.29 is 87.7 Å². The van der Waals surface area contributed by atoms with Crippen LogP contribution < -0.4 is 0 Å². The second-order valence-electron chi connectivity index (χ2n) is 0. The first-order chi connectivity index (χ1) is 0. The van der Waals surface area contributed by atoms with Gasteiger partial charge in [-0.2, -0.15) is 0 Å². The molecule has 0 atom stereocenters. The quantitative estimate of drug-likeness (QED) is 0.372. The number of hydrogen-bond acceptors (Lipinski definition) is 0. The third-order valence-electron chi connectivity index (χ3n) is 0. The average Bonchev–Trinajstić information content (AvgIpc) is 0. The maximum Gasteiger partial charge on any atom is 0 e. The van der Waals surface area contributed by atoms with Gasteiger partial charge in [0.1, 0.15) is 0 Å². The Labute approximate surface area is 86.7 Å². The third-order valence-corrected chi connectivity index (χ3v) is 0. The summed E-state index contributed by atoms with van der Waals surface area (Å²) in [6.45, 7) is 0. The maximum absolute atomic E-state index is 0. The molecule has 0 aromatic carbocycles. The van der Waals surface area contributed by atoms with Crippen molar-refractivity contribution in [3.8, 4) is 0 Å². The molecule has 0 aromatic rings. The van der Waals surface area contributed by atoms with Crippen LogP contribution in [0.2, 0.25) is 0 Å². The van der Waals surface area contributed by atoms with Crippen molar-refractivity contribution in [3.63, 3.8) is 0 Å². The van der Waals surface area contributed by atoms with Gasteiger partial charge in [0.25, 0.3) is 0 Å². The van der Waals surface area contributed by atoms with Crippen molar-refractivity contribution in [2.24, 2.45) is 0 Å². The summed E-state index contributed by atoms with van der Waals surface area (Å²) in [5.41, 5.74) is 0. The van der Waals surface area contributed by atoms with Crippen molar-refractivity contribution in [2.75, 3.05) is 0 Å². The van der Waals surface area contributed by atoms with Crippen LogP contribution in [0, 0.1) is 60.3 Å². The third kappa shape index (κ3) is 79.0. The van der Waals surface area contributed by atoms with Gasteiger partial charge in [-0.3, -0.25) is 0 Å². The molecule has 0 aliphatic rings. The van der Waals surface area contributed by atoms with E-state index in [2.05, 4.69) is 0 Å². The van der Waals surface area contributed by atoms with E-state index in [-0.39, 0.29) is 87.7 Å². The van der Waals surface area contributed by atoms with E-state index in [9.17, 15) is 0 Å². The molecule has 0 spiro atoms. The zero-order valence-corrected chi connectivity index (χ0v) is 10.5. The van der Waals surface area contributed by atoms with Crippen LogP contribution in [0.15, 0.2) is 0 Å². The molecule has 0 heterocycles. The second-order valence-corrected chi connectivity index (χ2v) is 0. The van der Waals surface area contributed by atoms with E-state index in [1.807, 2.05) is 0 Å². The summed E-state index contributed by atoms with van der Waals surface area (Å²) >= 11 is 0. The van der Waals surface area contributed by atoms with Gasteiger partial charge in [0.05, 0.1) is 0 Å². The van der Waals surface area contributed by atoms with E-state index in [0.29, 0.717) is 0 Å². The van der Waals surface area contributed by atoms with E-state index >= 15 is 0 Å². The standard InChI is InChI=1S/5O.Pu.U/q5*-2;;. The summed E-state index contributed by atoms with van der Waals surface area (Å²) in [6, 6.07) is 0. The molecular weight excluding hydrogens is 562 g/mol. The van der Waals surface area contributed by atoms with Gasteiger partial charge in [-0.1, -0.05) is 0 Å². The fourth-order valence-corrected chi connectivity index (χ4v) is 0. The van der Waals surface area contributed by atoms with Gasteiger partial charge in [-0.15, -0.1) is 0 Å². The summed E-state index contributed by atoms with van der Waals surface area (Å²) in [6.07, 6.45) is 0. The fourth-order valence-electron chi connectivity index (χ4n) is 0. The fraction of sp³-hybridized carbons (Fsp3) is 0. The molecule has 0 radical (unpaired) electrons. The Kier molecular flexibility index (Phi) is 2490.